The molecular weight excluding hydrogens is 420 g/mol. The highest BCUT2D eigenvalue weighted by molar-refractivity contribution is 9.11. The van der Waals surface area contributed by atoms with Crippen molar-refractivity contribution in [3.05, 3.63) is 51.4 Å². The lowest BCUT2D eigenvalue weighted by molar-refractivity contribution is 0.0950. The SMILES string of the molecule is COc1ccc(OC)c(/C=N/NC(=O)c2cc(-c3ccc(Br)s3)[nH]n2)c1. The number of methoxy groups -OCH3 is 2. The fourth-order valence-electron chi connectivity index (χ4n) is 2.18. The molecular formula is C17H15BrN4O3S. The first-order chi connectivity index (χ1) is 12.6. The number of nitrogens with one attached hydrogen (secondary N) is 2. The smallest absolute Gasteiger partial charge is 0.291 e. The van der Waals surface area contributed by atoms with Crippen LogP contribution in [0.4, 0.5) is 0 Å². The third-order valence-corrected chi connectivity index (χ3v) is 5.11. The summed E-state index contributed by atoms with van der Waals surface area (Å²) in [5.74, 6) is 0.869. The maximum absolute atomic E-state index is 12.2. The summed E-state index contributed by atoms with van der Waals surface area (Å²) in [6.07, 6.45) is 1.49. The van der Waals surface area contributed by atoms with Crippen molar-refractivity contribution < 1.29 is 14.3 Å². The summed E-state index contributed by atoms with van der Waals surface area (Å²) < 4.78 is 11.4. The zero-order valence-electron chi connectivity index (χ0n) is 13.9. The lowest BCUT2D eigenvalue weighted by Gasteiger charge is -2.06. The van der Waals surface area contributed by atoms with E-state index in [1.807, 2.05) is 12.1 Å². The van der Waals surface area contributed by atoms with E-state index in [-0.39, 0.29) is 5.69 Å². The summed E-state index contributed by atoms with van der Waals surface area (Å²) in [6, 6.07) is 10.9. The molecule has 0 saturated heterocycles. The molecule has 0 spiro atoms. The van der Waals surface area contributed by atoms with Crippen LogP contribution in [-0.4, -0.2) is 36.5 Å². The molecule has 1 amide bonds. The van der Waals surface area contributed by atoms with Gasteiger partial charge in [-0.2, -0.15) is 10.2 Å². The van der Waals surface area contributed by atoms with Crippen LogP contribution in [0.2, 0.25) is 0 Å². The Morgan fingerprint density at radius 2 is 2.12 bits per heavy atom. The highest BCUT2D eigenvalue weighted by Gasteiger charge is 2.12. The van der Waals surface area contributed by atoms with Gasteiger partial charge in [-0.1, -0.05) is 0 Å². The van der Waals surface area contributed by atoms with E-state index in [1.165, 1.54) is 6.21 Å². The number of aromatic amines is 1. The number of hydrogen-bond acceptors (Lipinski definition) is 6. The van der Waals surface area contributed by atoms with Gasteiger partial charge in [-0.3, -0.25) is 9.89 Å². The number of aromatic nitrogens is 2. The second-order valence-corrected chi connectivity index (χ2v) is 7.54. The van der Waals surface area contributed by atoms with Crippen LogP contribution in [0.3, 0.4) is 0 Å². The van der Waals surface area contributed by atoms with Gasteiger partial charge in [0.1, 0.15) is 11.5 Å². The summed E-state index contributed by atoms with van der Waals surface area (Å²) in [6.45, 7) is 0. The minimum Gasteiger partial charge on any atom is -0.497 e. The molecule has 3 aromatic rings. The van der Waals surface area contributed by atoms with Crippen LogP contribution in [0.25, 0.3) is 10.6 Å². The van der Waals surface area contributed by atoms with Crippen molar-refractivity contribution >= 4 is 39.4 Å². The second-order valence-electron chi connectivity index (χ2n) is 5.08. The Balaban J connectivity index is 1.69. The zero-order chi connectivity index (χ0) is 18.5. The first kappa shape index (κ1) is 18.2. The molecule has 0 unspecified atom stereocenters. The Morgan fingerprint density at radius 1 is 1.27 bits per heavy atom. The monoisotopic (exact) mass is 434 g/mol. The summed E-state index contributed by atoms with van der Waals surface area (Å²) in [5.41, 5.74) is 4.15. The third-order valence-electron chi connectivity index (χ3n) is 3.46. The van der Waals surface area contributed by atoms with Crippen molar-refractivity contribution in [1.29, 1.82) is 0 Å². The van der Waals surface area contributed by atoms with E-state index in [1.54, 1.807) is 49.8 Å². The number of H-pyrrole nitrogens is 1. The quantitative estimate of drug-likeness (QED) is 0.457. The number of halogens is 1. The Labute approximate surface area is 162 Å². The molecule has 3 rings (SSSR count). The lowest BCUT2D eigenvalue weighted by atomic mass is 10.2. The van der Waals surface area contributed by atoms with Gasteiger partial charge in [-0.25, -0.2) is 5.43 Å². The number of amides is 1. The Kier molecular flexibility index (Phi) is 5.69. The van der Waals surface area contributed by atoms with Crippen LogP contribution in [0.5, 0.6) is 11.5 Å². The normalized spacial score (nSPS) is 10.9. The molecule has 0 saturated carbocycles. The summed E-state index contributed by atoms with van der Waals surface area (Å²) >= 11 is 4.96. The van der Waals surface area contributed by atoms with Crippen LogP contribution < -0.4 is 14.9 Å². The largest absolute Gasteiger partial charge is 0.497 e. The van der Waals surface area contributed by atoms with E-state index in [0.29, 0.717) is 17.1 Å². The van der Waals surface area contributed by atoms with Gasteiger partial charge in [0.25, 0.3) is 5.91 Å². The van der Waals surface area contributed by atoms with Gasteiger partial charge in [-0.15, -0.1) is 11.3 Å². The van der Waals surface area contributed by atoms with E-state index < -0.39 is 5.91 Å². The van der Waals surface area contributed by atoms with Crippen LogP contribution in [-0.2, 0) is 0 Å². The highest BCUT2D eigenvalue weighted by Crippen LogP contribution is 2.30. The van der Waals surface area contributed by atoms with Crippen molar-refractivity contribution in [2.45, 2.75) is 0 Å². The average Bonchev–Trinajstić information content (AvgIpc) is 3.30. The molecule has 0 bridgehead atoms. The van der Waals surface area contributed by atoms with E-state index in [2.05, 4.69) is 36.7 Å². The van der Waals surface area contributed by atoms with Gasteiger partial charge >= 0.3 is 0 Å². The van der Waals surface area contributed by atoms with E-state index in [9.17, 15) is 4.79 Å². The molecule has 2 N–H and O–H groups in total. The summed E-state index contributed by atoms with van der Waals surface area (Å²) in [5, 5.41) is 10.8. The number of rotatable bonds is 6. The number of nitrogens with zero attached hydrogens (tertiary/aromatic N) is 2. The number of carbonyl (C=O) groups excluding carboxylic acids is 1. The van der Waals surface area contributed by atoms with Gasteiger partial charge < -0.3 is 9.47 Å². The van der Waals surface area contributed by atoms with Gasteiger partial charge in [0, 0.05) is 5.56 Å². The predicted molar refractivity (Wildman–Crippen MR) is 104 cm³/mol. The molecule has 2 heterocycles. The van der Waals surface area contributed by atoms with Gasteiger partial charge in [0.2, 0.25) is 0 Å². The summed E-state index contributed by atoms with van der Waals surface area (Å²) in [4.78, 5) is 13.2. The second kappa shape index (κ2) is 8.15. The van der Waals surface area contributed by atoms with E-state index in [4.69, 9.17) is 9.47 Å². The molecule has 0 atom stereocenters. The third kappa shape index (κ3) is 4.12. The molecule has 1 aromatic carbocycles. The Morgan fingerprint density at radius 3 is 2.81 bits per heavy atom. The molecule has 0 radical (unpaired) electrons. The van der Waals surface area contributed by atoms with Gasteiger partial charge in [0.05, 0.1) is 34.8 Å². The van der Waals surface area contributed by atoms with Gasteiger partial charge in [-0.05, 0) is 52.3 Å². The van der Waals surface area contributed by atoms with Crippen molar-refractivity contribution in [2.75, 3.05) is 14.2 Å². The van der Waals surface area contributed by atoms with E-state index in [0.717, 1.165) is 14.4 Å². The van der Waals surface area contributed by atoms with Crippen molar-refractivity contribution in [1.82, 2.24) is 15.6 Å². The Hall–Kier alpha value is -2.65. The van der Waals surface area contributed by atoms with Crippen LogP contribution in [0.15, 0.2) is 45.3 Å². The number of carbonyl (C=O) groups is 1. The van der Waals surface area contributed by atoms with Crippen molar-refractivity contribution in [3.8, 4) is 22.1 Å². The van der Waals surface area contributed by atoms with E-state index >= 15 is 0 Å². The molecule has 9 heteroatoms. The number of benzene rings is 1. The standard InChI is InChI=1S/C17H15BrN4O3S/c1-24-11-3-4-14(25-2)10(7-11)9-19-22-17(23)13-8-12(20-21-13)15-5-6-16(18)26-15/h3-9H,1-2H3,(H,20,21)(H,22,23)/b19-9+. The summed E-state index contributed by atoms with van der Waals surface area (Å²) in [7, 11) is 3.14. The molecule has 26 heavy (non-hydrogen) atoms. The molecule has 134 valence electrons. The van der Waals surface area contributed by atoms with Gasteiger partial charge in [0.15, 0.2) is 5.69 Å². The maximum atomic E-state index is 12.2. The minimum atomic E-state index is -0.416. The van der Waals surface area contributed by atoms with Crippen LogP contribution >= 0.6 is 27.3 Å². The number of thiophene rings is 1. The molecule has 0 aliphatic heterocycles. The zero-order valence-corrected chi connectivity index (χ0v) is 16.3. The number of hydrazone groups is 1. The fraction of sp³-hybridized carbons (Fsp3) is 0.118. The van der Waals surface area contributed by atoms with Crippen LogP contribution in [0.1, 0.15) is 16.1 Å². The molecule has 0 fully saturated rings. The average molecular weight is 435 g/mol. The predicted octanol–water partition coefficient (Wildman–Crippen LogP) is 3.68. The number of hydrogen-bond donors (Lipinski definition) is 2. The molecule has 2 aromatic heterocycles. The molecule has 0 aliphatic rings. The highest BCUT2D eigenvalue weighted by atomic mass is 79.9. The minimum absolute atomic E-state index is 0.249. The first-order valence-electron chi connectivity index (χ1n) is 7.47. The number of ether oxygens (including phenoxy) is 2. The van der Waals surface area contributed by atoms with Crippen LogP contribution in [0, 0.1) is 0 Å². The lowest BCUT2D eigenvalue weighted by Crippen LogP contribution is -2.18. The molecule has 0 aliphatic carbocycles. The van der Waals surface area contributed by atoms with Crippen molar-refractivity contribution in [2.24, 2.45) is 5.10 Å². The maximum Gasteiger partial charge on any atom is 0.291 e. The topological polar surface area (TPSA) is 88.6 Å². The van der Waals surface area contributed by atoms with Crippen molar-refractivity contribution in [3.63, 3.8) is 0 Å². The Bertz CT molecular complexity index is 951. The fourth-order valence-corrected chi connectivity index (χ4v) is 3.53. The first-order valence-corrected chi connectivity index (χ1v) is 9.08. The molecule has 7 nitrogen and oxygen atoms in total.